The molecule has 2 radical (unpaired) electrons. The van der Waals surface area contributed by atoms with Crippen LogP contribution in [0.5, 0.6) is 0 Å². The molecule has 0 bridgehead atoms. The van der Waals surface area contributed by atoms with Crippen molar-refractivity contribution in [1.82, 2.24) is 0 Å². The van der Waals surface area contributed by atoms with Crippen LogP contribution in [0.3, 0.4) is 0 Å². The largest absolute Gasteiger partial charge is 2.00 e. The van der Waals surface area contributed by atoms with Crippen molar-refractivity contribution in [2.24, 2.45) is 0 Å². The van der Waals surface area contributed by atoms with Crippen molar-refractivity contribution in [2.75, 3.05) is 0 Å². The summed E-state index contributed by atoms with van der Waals surface area (Å²) < 4.78 is 0. The summed E-state index contributed by atoms with van der Waals surface area (Å²) in [6.45, 7) is 0. The van der Waals surface area contributed by atoms with Gasteiger partial charge in [-0.15, -0.1) is 0 Å². The van der Waals surface area contributed by atoms with Crippen molar-refractivity contribution in [3.8, 4) is 0 Å². The number of hydrogen-bond acceptors (Lipinski definition) is 0. The molecule has 0 aliphatic carbocycles. The monoisotopic (exact) mass is 216 g/mol. The Bertz CT molecular complexity index is 8.75. The molecule has 0 aromatic carbocycles. The third kappa shape index (κ3) is 52.8. The Balaban J connectivity index is 0. The van der Waals surface area contributed by atoms with Crippen LogP contribution in [-0.2, 0) is 67.1 Å². The van der Waals surface area contributed by atoms with Crippen LogP contribution in [0, 0.1) is 0 Å². The van der Waals surface area contributed by atoms with Crippen molar-refractivity contribution in [3.05, 3.63) is 0 Å². The van der Waals surface area contributed by atoms with Crippen LogP contribution >= 0.6 is 0 Å². The zero-order valence-corrected chi connectivity index (χ0v) is 5.65. The van der Waals surface area contributed by atoms with Gasteiger partial charge in [0.1, 0.15) is 0 Å². The van der Waals surface area contributed by atoms with E-state index in [0.717, 1.165) is 0 Å². The second-order valence-corrected chi connectivity index (χ2v) is 0. The van der Waals surface area contributed by atoms with Gasteiger partial charge in [0.05, 0.1) is 0 Å². The van der Waals surface area contributed by atoms with Gasteiger partial charge in [0.2, 0.25) is 0 Å². The molecule has 6 heteroatoms. The van der Waals surface area contributed by atoms with E-state index in [2.05, 4.69) is 0 Å². The van der Waals surface area contributed by atoms with E-state index >= 15 is 0 Å². The summed E-state index contributed by atoms with van der Waals surface area (Å²) in [5.41, 5.74) is 0. The fourth-order valence-electron chi connectivity index (χ4n) is 0. The summed E-state index contributed by atoms with van der Waals surface area (Å²) in [6, 6.07) is 0. The molecule has 0 atom stereocenters. The van der Waals surface area contributed by atoms with Gasteiger partial charge < -0.3 is 16.4 Å². The zero-order chi connectivity index (χ0) is 0. The Kier molecular flexibility index (Phi) is 2400. The zero-order valence-electron chi connectivity index (χ0n) is 2.30. The average molecular weight is 217 g/mol. The summed E-state index contributed by atoms with van der Waals surface area (Å²) in [5, 5.41) is 0. The van der Waals surface area contributed by atoms with Crippen molar-refractivity contribution >= 4 is 0 Å². The Morgan fingerprint density at radius 1 is 0.500 bits per heavy atom. The smallest absolute Gasteiger partial charge is 2.00 e. The molecule has 0 spiro atoms. The minimum atomic E-state index is 0. The van der Waals surface area contributed by atoms with Crippen LogP contribution in [0.4, 0.5) is 0 Å². The van der Waals surface area contributed by atoms with Crippen molar-refractivity contribution in [1.29, 1.82) is 0 Å². The maximum Gasteiger partial charge on any atom is 2.00 e. The first-order chi connectivity index (χ1) is 0. The van der Waals surface area contributed by atoms with E-state index in [1.807, 2.05) is 0 Å². The van der Waals surface area contributed by atoms with Crippen molar-refractivity contribution < 1.29 is 67.1 Å². The number of hydrogen-bond donors (Lipinski definition) is 0. The molecule has 0 aliphatic rings. The predicted octanol–water partition coefficient (Wildman–Crippen LogP) is -0.364. The molecule has 0 aliphatic heterocycles. The van der Waals surface area contributed by atoms with E-state index in [4.69, 9.17) is 0 Å². The summed E-state index contributed by atoms with van der Waals surface area (Å²) in [4.78, 5) is 0. The van der Waals surface area contributed by atoms with Crippen LogP contribution in [0.25, 0.3) is 0 Å². The van der Waals surface area contributed by atoms with E-state index in [0.29, 0.717) is 0 Å². The molecule has 0 heterocycles. The third-order valence-corrected chi connectivity index (χ3v) is 0. The summed E-state index contributed by atoms with van der Waals surface area (Å²) in [6.07, 6.45) is 0. The van der Waals surface area contributed by atoms with Gasteiger partial charge >= 0.3 is 50.6 Å². The molecule has 3 nitrogen and oxygen atoms in total. The van der Waals surface area contributed by atoms with E-state index in [9.17, 15) is 0 Å². The van der Waals surface area contributed by atoms with Gasteiger partial charge in [-0.05, 0) is 0 Å². The quantitative estimate of drug-likeness (QED) is 0.495. The fraction of sp³-hybridized carbons (Fsp3) is 0. The molecule has 0 aromatic heterocycles. The standard InChI is InChI=1S/2Mn.Ni.3O/q3*+2;3*-2. The van der Waals surface area contributed by atoms with E-state index < -0.39 is 0 Å². The third-order valence-electron chi connectivity index (χ3n) is 0. The Morgan fingerprint density at radius 2 is 0.500 bits per heavy atom. The molecule has 0 fully saturated rings. The van der Waals surface area contributed by atoms with Gasteiger partial charge in [-0.1, -0.05) is 0 Å². The first-order valence-corrected chi connectivity index (χ1v) is 0. The summed E-state index contributed by atoms with van der Waals surface area (Å²) in [7, 11) is 0. The number of rotatable bonds is 0. The van der Waals surface area contributed by atoms with Crippen molar-refractivity contribution in [3.63, 3.8) is 0 Å². The van der Waals surface area contributed by atoms with Crippen LogP contribution in [0.2, 0.25) is 0 Å². The maximum absolute atomic E-state index is 0. The Labute approximate surface area is 67.0 Å². The van der Waals surface area contributed by atoms with Crippen LogP contribution in [0.15, 0.2) is 0 Å². The SMILES string of the molecule is [Mn+2].[Mn+2].[Ni+2].[O-2].[O-2].[O-2]. The molecule has 42 valence electrons. The van der Waals surface area contributed by atoms with E-state index in [-0.39, 0.29) is 67.1 Å². The van der Waals surface area contributed by atoms with Gasteiger partial charge in [-0.2, -0.15) is 0 Å². The first kappa shape index (κ1) is 153. The normalized spacial score (nSPS) is 0. The molecule has 0 unspecified atom stereocenters. The first-order valence-electron chi connectivity index (χ1n) is 0. The molecular weight excluding hydrogens is 217 g/mol. The Morgan fingerprint density at radius 3 is 0.500 bits per heavy atom. The van der Waals surface area contributed by atoms with Gasteiger partial charge in [-0.3, -0.25) is 0 Å². The summed E-state index contributed by atoms with van der Waals surface area (Å²) in [5.74, 6) is 0. The van der Waals surface area contributed by atoms with Crippen molar-refractivity contribution in [2.45, 2.75) is 0 Å². The minimum Gasteiger partial charge on any atom is -2.00 e. The van der Waals surface area contributed by atoms with Gasteiger partial charge in [0.15, 0.2) is 0 Å². The van der Waals surface area contributed by atoms with E-state index in [1.54, 1.807) is 0 Å². The second kappa shape index (κ2) is 94.2. The van der Waals surface area contributed by atoms with Crippen LogP contribution < -0.4 is 0 Å². The molecule has 0 saturated carbocycles. The van der Waals surface area contributed by atoms with Crippen LogP contribution in [0.1, 0.15) is 0 Å². The average Bonchev–Trinajstić information content (AvgIpc) is 0. The summed E-state index contributed by atoms with van der Waals surface area (Å²) >= 11 is 0. The molecule has 0 rings (SSSR count). The molecule has 0 aromatic rings. The maximum atomic E-state index is 0. The molecule has 0 saturated heterocycles. The topological polar surface area (TPSA) is 85.5 Å². The molecule has 0 N–H and O–H groups in total. The van der Waals surface area contributed by atoms with Gasteiger partial charge in [-0.25, -0.2) is 0 Å². The molecule has 6 heavy (non-hydrogen) atoms. The van der Waals surface area contributed by atoms with Gasteiger partial charge in [0.25, 0.3) is 0 Å². The van der Waals surface area contributed by atoms with Gasteiger partial charge in [0, 0.05) is 0 Å². The Hall–Kier alpha value is 1.41. The van der Waals surface area contributed by atoms with Crippen LogP contribution in [-0.4, -0.2) is 0 Å². The second-order valence-electron chi connectivity index (χ2n) is 0. The molecule has 0 amide bonds. The fourth-order valence-corrected chi connectivity index (χ4v) is 0. The minimum absolute atomic E-state index is 0. The molecular formula is Mn2NiO3. The van der Waals surface area contributed by atoms with E-state index in [1.165, 1.54) is 0 Å². The predicted molar refractivity (Wildman–Crippen MR) is 2.06 cm³/mol.